The third-order valence-electron chi connectivity index (χ3n) is 2.92. The van der Waals surface area contributed by atoms with E-state index in [1.807, 2.05) is 0 Å². The van der Waals surface area contributed by atoms with E-state index in [1.54, 1.807) is 13.2 Å². The maximum atomic E-state index is 13.2. The zero-order chi connectivity index (χ0) is 16.1. The van der Waals surface area contributed by atoms with Gasteiger partial charge in [-0.1, -0.05) is 0 Å². The highest BCUT2D eigenvalue weighted by Crippen LogP contribution is 2.20. The van der Waals surface area contributed by atoms with Crippen LogP contribution in [0.25, 0.3) is 16.6 Å². The first-order valence-electron chi connectivity index (χ1n) is 6.52. The SMILES string of the molecule is COCCN/C(N)=C/C(=C\N)c1nc2cc(F)c(F)cc2[nH]1. The molecule has 0 bridgehead atoms. The molecule has 0 saturated carbocycles. The van der Waals surface area contributed by atoms with Gasteiger partial charge in [-0.05, 0) is 6.08 Å². The number of H-pyrrole nitrogens is 1. The van der Waals surface area contributed by atoms with Gasteiger partial charge in [0.2, 0.25) is 0 Å². The molecule has 0 spiro atoms. The summed E-state index contributed by atoms with van der Waals surface area (Å²) in [4.78, 5) is 7.04. The van der Waals surface area contributed by atoms with Gasteiger partial charge in [-0.3, -0.25) is 0 Å². The Labute approximate surface area is 125 Å². The lowest BCUT2D eigenvalue weighted by molar-refractivity contribution is 0.202. The highest BCUT2D eigenvalue weighted by molar-refractivity contribution is 5.81. The molecule has 0 aliphatic carbocycles. The van der Waals surface area contributed by atoms with Crippen LogP contribution in [-0.4, -0.2) is 30.2 Å². The van der Waals surface area contributed by atoms with Crippen LogP contribution >= 0.6 is 0 Å². The van der Waals surface area contributed by atoms with Gasteiger partial charge in [-0.15, -0.1) is 0 Å². The minimum absolute atomic E-state index is 0.299. The second-order valence-corrected chi connectivity index (χ2v) is 4.51. The van der Waals surface area contributed by atoms with Crippen LogP contribution in [0.2, 0.25) is 0 Å². The van der Waals surface area contributed by atoms with Crippen molar-refractivity contribution < 1.29 is 13.5 Å². The smallest absolute Gasteiger partial charge is 0.161 e. The molecule has 0 aliphatic heterocycles. The molecule has 118 valence electrons. The van der Waals surface area contributed by atoms with Crippen molar-refractivity contribution >= 4 is 16.6 Å². The molecule has 22 heavy (non-hydrogen) atoms. The van der Waals surface area contributed by atoms with E-state index in [1.165, 1.54) is 6.20 Å². The van der Waals surface area contributed by atoms with Crippen LogP contribution in [0.4, 0.5) is 8.78 Å². The summed E-state index contributed by atoms with van der Waals surface area (Å²) in [5.41, 5.74) is 12.5. The Kier molecular flexibility index (Phi) is 4.95. The van der Waals surface area contributed by atoms with Crippen LogP contribution in [-0.2, 0) is 4.74 Å². The van der Waals surface area contributed by atoms with Crippen molar-refractivity contribution in [2.75, 3.05) is 20.3 Å². The number of hydrogen-bond acceptors (Lipinski definition) is 5. The summed E-state index contributed by atoms with van der Waals surface area (Å²) >= 11 is 0. The molecule has 1 aromatic heterocycles. The Bertz CT molecular complexity index is 684. The number of nitrogens with zero attached hydrogens (tertiary/aromatic N) is 1. The molecule has 6 N–H and O–H groups in total. The fourth-order valence-electron chi connectivity index (χ4n) is 1.85. The predicted molar refractivity (Wildman–Crippen MR) is 80.3 cm³/mol. The summed E-state index contributed by atoms with van der Waals surface area (Å²) < 4.78 is 31.3. The van der Waals surface area contributed by atoms with Crippen molar-refractivity contribution in [1.82, 2.24) is 15.3 Å². The Morgan fingerprint density at radius 1 is 1.41 bits per heavy atom. The maximum Gasteiger partial charge on any atom is 0.161 e. The Morgan fingerprint density at radius 3 is 2.82 bits per heavy atom. The number of aromatic nitrogens is 2. The quantitative estimate of drug-likeness (QED) is 0.474. The summed E-state index contributed by atoms with van der Waals surface area (Å²) in [5, 5.41) is 2.93. The first-order chi connectivity index (χ1) is 10.5. The number of allylic oxidation sites excluding steroid dienone is 2. The molecule has 0 unspecified atom stereocenters. The van der Waals surface area contributed by atoms with Crippen molar-refractivity contribution in [3.05, 3.63) is 47.7 Å². The number of halogens is 2. The largest absolute Gasteiger partial charge is 0.404 e. The van der Waals surface area contributed by atoms with Crippen molar-refractivity contribution in [3.8, 4) is 0 Å². The van der Waals surface area contributed by atoms with Crippen molar-refractivity contribution in [2.24, 2.45) is 11.5 Å². The van der Waals surface area contributed by atoms with Crippen LogP contribution in [0.3, 0.4) is 0 Å². The van der Waals surface area contributed by atoms with Crippen molar-refractivity contribution in [2.45, 2.75) is 0 Å². The normalized spacial score (nSPS) is 12.9. The number of imidazole rings is 1. The van der Waals surface area contributed by atoms with Gasteiger partial charge in [0, 0.05) is 37.6 Å². The first kappa shape index (κ1) is 15.8. The molecular weight excluding hydrogens is 292 g/mol. The fourth-order valence-corrected chi connectivity index (χ4v) is 1.85. The van der Waals surface area contributed by atoms with Gasteiger partial charge in [-0.2, -0.15) is 0 Å². The summed E-state index contributed by atoms with van der Waals surface area (Å²) in [6, 6.07) is 2.06. The third-order valence-corrected chi connectivity index (χ3v) is 2.92. The van der Waals surface area contributed by atoms with Crippen LogP contribution in [0.5, 0.6) is 0 Å². The van der Waals surface area contributed by atoms with E-state index >= 15 is 0 Å². The first-order valence-corrected chi connectivity index (χ1v) is 6.52. The number of rotatable bonds is 6. The highest BCUT2D eigenvalue weighted by atomic mass is 19.2. The van der Waals surface area contributed by atoms with E-state index in [0.717, 1.165) is 12.1 Å². The summed E-state index contributed by atoms with van der Waals surface area (Å²) in [7, 11) is 1.58. The van der Waals surface area contributed by atoms with Crippen molar-refractivity contribution in [3.63, 3.8) is 0 Å². The zero-order valence-corrected chi connectivity index (χ0v) is 12.0. The maximum absolute atomic E-state index is 13.2. The van der Waals surface area contributed by atoms with Gasteiger partial charge in [0.1, 0.15) is 5.82 Å². The van der Waals surface area contributed by atoms with Crippen LogP contribution in [0.1, 0.15) is 5.82 Å². The van der Waals surface area contributed by atoms with Gasteiger partial charge in [0.05, 0.1) is 23.5 Å². The molecule has 0 radical (unpaired) electrons. The number of ether oxygens (including phenoxy) is 1. The molecule has 1 aromatic carbocycles. The van der Waals surface area contributed by atoms with Gasteiger partial charge < -0.3 is 26.5 Å². The Morgan fingerprint density at radius 2 is 2.14 bits per heavy atom. The number of fused-ring (bicyclic) bond motifs is 1. The summed E-state index contributed by atoms with van der Waals surface area (Å²) in [6.45, 7) is 1.03. The summed E-state index contributed by atoms with van der Waals surface area (Å²) in [5.74, 6) is -1.18. The molecular formula is C14H17F2N5O. The predicted octanol–water partition coefficient (Wildman–Crippen LogP) is 1.18. The number of nitrogens with two attached hydrogens (primary N) is 2. The van der Waals surface area contributed by atoms with Crippen LogP contribution in [0, 0.1) is 11.6 Å². The van der Waals surface area contributed by atoms with Gasteiger partial charge in [-0.25, -0.2) is 13.8 Å². The minimum atomic E-state index is -0.958. The molecule has 2 aromatic rings. The van der Waals surface area contributed by atoms with Gasteiger partial charge >= 0.3 is 0 Å². The average molecular weight is 309 g/mol. The third kappa shape index (κ3) is 3.53. The molecule has 6 nitrogen and oxygen atoms in total. The molecule has 0 amide bonds. The molecule has 0 fully saturated rings. The monoisotopic (exact) mass is 309 g/mol. The lowest BCUT2D eigenvalue weighted by atomic mass is 10.2. The number of aromatic amines is 1. The van der Waals surface area contributed by atoms with E-state index in [4.69, 9.17) is 16.2 Å². The average Bonchev–Trinajstić information content (AvgIpc) is 2.88. The van der Waals surface area contributed by atoms with Crippen molar-refractivity contribution in [1.29, 1.82) is 0 Å². The molecule has 2 rings (SSSR count). The van der Waals surface area contributed by atoms with Crippen LogP contribution in [0.15, 0.2) is 30.2 Å². The van der Waals surface area contributed by atoms with E-state index in [0.29, 0.717) is 41.4 Å². The Hall–Kier alpha value is -2.61. The Balaban J connectivity index is 2.26. The second-order valence-electron chi connectivity index (χ2n) is 4.51. The number of nitrogens with one attached hydrogen (secondary N) is 2. The molecule has 0 saturated heterocycles. The highest BCUT2D eigenvalue weighted by Gasteiger charge is 2.10. The standard InChI is InChI=1S/C14H17F2N5O/c1-22-3-2-19-13(18)4-8(7-17)14-20-11-5-9(15)10(16)6-12(11)21-14/h4-7,19H,2-3,17-18H2,1H3,(H,20,21)/b8-7+,13-4+. The topological polar surface area (TPSA) is 102 Å². The van der Waals surface area contributed by atoms with Gasteiger partial charge in [0.25, 0.3) is 0 Å². The fraction of sp³-hybridized carbons (Fsp3) is 0.214. The zero-order valence-electron chi connectivity index (χ0n) is 12.0. The number of methoxy groups -OCH3 is 1. The van der Waals surface area contributed by atoms with Crippen LogP contribution < -0.4 is 16.8 Å². The van der Waals surface area contributed by atoms with E-state index in [9.17, 15) is 8.78 Å². The van der Waals surface area contributed by atoms with E-state index in [2.05, 4.69) is 15.3 Å². The summed E-state index contributed by atoms with van der Waals surface area (Å²) in [6.07, 6.45) is 2.87. The minimum Gasteiger partial charge on any atom is -0.404 e. The lowest BCUT2D eigenvalue weighted by Gasteiger charge is -2.06. The second kappa shape index (κ2) is 6.90. The number of hydrogen-bond donors (Lipinski definition) is 4. The van der Waals surface area contributed by atoms with E-state index < -0.39 is 11.6 Å². The molecule has 0 aliphatic rings. The molecule has 1 heterocycles. The molecule has 0 atom stereocenters. The number of benzene rings is 1. The van der Waals surface area contributed by atoms with E-state index in [-0.39, 0.29) is 0 Å². The van der Waals surface area contributed by atoms with Gasteiger partial charge in [0.15, 0.2) is 11.6 Å². The lowest BCUT2D eigenvalue weighted by Crippen LogP contribution is -2.24. The molecule has 8 heteroatoms.